The molecule has 43 heavy (non-hydrogen) atoms. The summed E-state index contributed by atoms with van der Waals surface area (Å²) in [5.41, 5.74) is 0. The topological polar surface area (TPSA) is 72.8 Å². The molecule has 0 radical (unpaired) electrons. The van der Waals surface area contributed by atoms with Crippen LogP contribution in [0.25, 0.3) is 0 Å². The lowest BCUT2D eigenvalue weighted by atomic mass is 10.0. The molecular formula is C38H72O5. The molecule has 0 spiro atoms. The van der Waals surface area contributed by atoms with Crippen LogP contribution in [-0.4, -0.2) is 36.4 Å². The first kappa shape index (κ1) is 41.6. The third-order valence-electron chi connectivity index (χ3n) is 8.25. The molecule has 254 valence electrons. The van der Waals surface area contributed by atoms with E-state index in [0.717, 1.165) is 38.5 Å². The zero-order chi connectivity index (χ0) is 31.5. The normalized spacial score (nSPS) is 12.2. The Morgan fingerprint density at radius 3 is 1.07 bits per heavy atom. The molecule has 0 rings (SSSR count). The van der Waals surface area contributed by atoms with Gasteiger partial charge in [0.25, 0.3) is 0 Å². The summed E-state index contributed by atoms with van der Waals surface area (Å²) in [4.78, 5) is 23.9. The fourth-order valence-electron chi connectivity index (χ4n) is 5.37. The highest BCUT2D eigenvalue weighted by molar-refractivity contribution is 5.69. The number of carbonyl (C=O) groups is 2. The van der Waals surface area contributed by atoms with E-state index in [-0.39, 0.29) is 25.2 Å². The van der Waals surface area contributed by atoms with E-state index in [0.29, 0.717) is 12.8 Å². The lowest BCUT2D eigenvalue weighted by Gasteiger charge is -2.12. The second kappa shape index (κ2) is 35.1. The van der Waals surface area contributed by atoms with Crippen molar-refractivity contribution in [3.05, 3.63) is 12.2 Å². The van der Waals surface area contributed by atoms with Crippen LogP contribution in [0.2, 0.25) is 0 Å². The van der Waals surface area contributed by atoms with Crippen LogP contribution in [0.15, 0.2) is 12.2 Å². The number of unbranched alkanes of at least 4 members (excludes halogenated alkanes) is 24. The van der Waals surface area contributed by atoms with Crippen molar-refractivity contribution in [3.63, 3.8) is 0 Å². The van der Waals surface area contributed by atoms with Gasteiger partial charge in [0.1, 0.15) is 19.3 Å². The van der Waals surface area contributed by atoms with Crippen LogP contribution in [0, 0.1) is 0 Å². The summed E-state index contributed by atoms with van der Waals surface area (Å²) in [6.45, 7) is 4.30. The van der Waals surface area contributed by atoms with Crippen molar-refractivity contribution in [2.45, 2.75) is 206 Å². The number of esters is 2. The molecule has 0 saturated heterocycles. The molecule has 0 aromatic carbocycles. The van der Waals surface area contributed by atoms with Gasteiger partial charge in [-0.2, -0.15) is 0 Å². The number of allylic oxidation sites excluding steroid dienone is 2. The van der Waals surface area contributed by atoms with E-state index in [1.807, 2.05) is 0 Å². The number of aliphatic hydroxyl groups excluding tert-OH is 1. The maximum absolute atomic E-state index is 11.9. The van der Waals surface area contributed by atoms with E-state index < -0.39 is 6.10 Å². The van der Waals surface area contributed by atoms with Crippen molar-refractivity contribution in [3.8, 4) is 0 Å². The lowest BCUT2D eigenvalue weighted by Crippen LogP contribution is -2.25. The Labute approximate surface area is 267 Å². The van der Waals surface area contributed by atoms with Crippen molar-refractivity contribution in [2.24, 2.45) is 0 Å². The monoisotopic (exact) mass is 609 g/mol. The number of hydrogen-bond acceptors (Lipinski definition) is 5. The van der Waals surface area contributed by atoms with Crippen LogP contribution >= 0.6 is 0 Å². The van der Waals surface area contributed by atoms with Gasteiger partial charge in [0.05, 0.1) is 0 Å². The predicted octanol–water partition coefficient (Wildman–Crippen LogP) is 11.3. The average molecular weight is 609 g/mol. The highest BCUT2D eigenvalue weighted by atomic mass is 16.6. The number of aliphatic hydroxyl groups is 1. The molecule has 0 aromatic heterocycles. The molecule has 0 aliphatic carbocycles. The smallest absolute Gasteiger partial charge is 0.305 e. The summed E-state index contributed by atoms with van der Waals surface area (Å²) in [5.74, 6) is -0.567. The van der Waals surface area contributed by atoms with Crippen molar-refractivity contribution in [1.82, 2.24) is 0 Å². The van der Waals surface area contributed by atoms with Gasteiger partial charge in [-0.3, -0.25) is 9.59 Å². The van der Waals surface area contributed by atoms with Crippen LogP contribution in [0.4, 0.5) is 0 Å². The van der Waals surface area contributed by atoms with Crippen LogP contribution in [0.1, 0.15) is 200 Å². The summed E-state index contributed by atoms with van der Waals surface area (Å²) in [7, 11) is 0. The number of ether oxygens (including phenoxy) is 2. The molecule has 0 saturated carbocycles. The van der Waals surface area contributed by atoms with Gasteiger partial charge < -0.3 is 14.6 Å². The number of rotatable bonds is 34. The van der Waals surface area contributed by atoms with Crippen LogP contribution in [0.3, 0.4) is 0 Å². The molecule has 1 atom stereocenters. The van der Waals surface area contributed by atoms with Gasteiger partial charge in [-0.25, -0.2) is 0 Å². The summed E-state index contributed by atoms with van der Waals surface area (Å²) < 4.78 is 10.3. The number of carbonyl (C=O) groups excluding carboxylic acids is 2. The molecule has 0 bridgehead atoms. The molecule has 0 aliphatic rings. The van der Waals surface area contributed by atoms with E-state index in [2.05, 4.69) is 26.0 Å². The summed E-state index contributed by atoms with van der Waals surface area (Å²) in [6.07, 6.45) is 38.3. The SMILES string of the molecule is CCCCCCCC/C=C/CCCCCCCC(=O)OCC(O)COC(=O)CCCCCCCCCCCCCCCC. The minimum Gasteiger partial charge on any atom is -0.463 e. The number of hydrogen-bond donors (Lipinski definition) is 1. The van der Waals surface area contributed by atoms with E-state index in [1.54, 1.807) is 0 Å². The van der Waals surface area contributed by atoms with E-state index in [1.165, 1.54) is 135 Å². The maximum Gasteiger partial charge on any atom is 0.305 e. The summed E-state index contributed by atoms with van der Waals surface area (Å²) in [5, 5.41) is 9.99. The Hall–Kier alpha value is -1.36. The fraction of sp³-hybridized carbons (Fsp3) is 0.895. The molecule has 0 fully saturated rings. The molecule has 1 unspecified atom stereocenters. The lowest BCUT2D eigenvalue weighted by molar-refractivity contribution is -0.152. The summed E-state index contributed by atoms with van der Waals surface area (Å²) in [6, 6.07) is 0. The molecule has 5 heteroatoms. The Morgan fingerprint density at radius 1 is 0.465 bits per heavy atom. The molecule has 1 N–H and O–H groups in total. The Bertz CT molecular complexity index is 617. The molecule has 0 aliphatic heterocycles. The minimum absolute atomic E-state index is 0.113. The van der Waals surface area contributed by atoms with Crippen LogP contribution in [-0.2, 0) is 19.1 Å². The van der Waals surface area contributed by atoms with Gasteiger partial charge in [0, 0.05) is 12.8 Å². The molecule has 0 heterocycles. The highest BCUT2D eigenvalue weighted by Crippen LogP contribution is 2.14. The Kier molecular flexibility index (Phi) is 34.0. The van der Waals surface area contributed by atoms with Crippen LogP contribution in [0.5, 0.6) is 0 Å². The van der Waals surface area contributed by atoms with Gasteiger partial charge in [0.2, 0.25) is 0 Å². The maximum atomic E-state index is 11.9. The molecule has 0 aromatic rings. The Morgan fingerprint density at radius 2 is 0.744 bits per heavy atom. The van der Waals surface area contributed by atoms with E-state index >= 15 is 0 Å². The highest BCUT2D eigenvalue weighted by Gasteiger charge is 2.12. The average Bonchev–Trinajstić information content (AvgIpc) is 3.01. The zero-order valence-corrected chi connectivity index (χ0v) is 28.7. The van der Waals surface area contributed by atoms with Crippen molar-refractivity contribution in [1.29, 1.82) is 0 Å². The van der Waals surface area contributed by atoms with Crippen molar-refractivity contribution >= 4 is 11.9 Å². The Balaban J connectivity index is 3.42. The second-order valence-electron chi connectivity index (χ2n) is 12.7. The first-order valence-corrected chi connectivity index (χ1v) is 18.7. The van der Waals surface area contributed by atoms with Crippen molar-refractivity contribution in [2.75, 3.05) is 13.2 Å². The van der Waals surface area contributed by atoms with E-state index in [9.17, 15) is 14.7 Å². The zero-order valence-electron chi connectivity index (χ0n) is 28.7. The van der Waals surface area contributed by atoms with Gasteiger partial charge in [0.15, 0.2) is 0 Å². The summed E-state index contributed by atoms with van der Waals surface area (Å²) >= 11 is 0. The van der Waals surface area contributed by atoms with Crippen molar-refractivity contribution < 1.29 is 24.2 Å². The first-order valence-electron chi connectivity index (χ1n) is 18.7. The third kappa shape index (κ3) is 35.0. The quantitative estimate of drug-likeness (QED) is 0.0447. The fourth-order valence-corrected chi connectivity index (χ4v) is 5.37. The molecule has 5 nitrogen and oxygen atoms in total. The van der Waals surface area contributed by atoms with Gasteiger partial charge in [-0.15, -0.1) is 0 Å². The van der Waals surface area contributed by atoms with Gasteiger partial charge in [-0.1, -0.05) is 161 Å². The second-order valence-corrected chi connectivity index (χ2v) is 12.7. The van der Waals surface area contributed by atoms with Gasteiger partial charge >= 0.3 is 11.9 Å². The third-order valence-corrected chi connectivity index (χ3v) is 8.25. The molecular weight excluding hydrogens is 536 g/mol. The van der Waals surface area contributed by atoms with Crippen LogP contribution < -0.4 is 0 Å². The van der Waals surface area contributed by atoms with Gasteiger partial charge in [-0.05, 0) is 38.5 Å². The van der Waals surface area contributed by atoms with E-state index in [4.69, 9.17) is 9.47 Å². The minimum atomic E-state index is -0.960. The predicted molar refractivity (Wildman–Crippen MR) is 182 cm³/mol. The first-order chi connectivity index (χ1) is 21.1. The largest absolute Gasteiger partial charge is 0.463 e. The molecule has 0 amide bonds. The standard InChI is InChI=1S/C38H72O5/c1-3-5-7-9-11-13-15-17-19-21-23-25-27-29-31-33-38(41)43-35-36(39)34-42-37(40)32-30-28-26-24-22-20-18-16-14-12-10-8-6-4-2/h17,19,36,39H,3-16,18,20-35H2,1-2H3/b19-17+.